The Morgan fingerprint density at radius 1 is 1.30 bits per heavy atom. The fraction of sp³-hybridized carbons (Fsp3) is 0.750. The summed E-state index contributed by atoms with van der Waals surface area (Å²) in [6, 6.07) is 0. The number of hydrogen-bond donors (Lipinski definition) is 1. The van der Waals surface area contributed by atoms with E-state index in [1.807, 2.05) is 0 Å². The Labute approximate surface area is 61.1 Å². The molecule has 1 rings (SSSR count). The van der Waals surface area contributed by atoms with Gasteiger partial charge in [-0.3, -0.25) is 0 Å². The second-order valence-corrected chi connectivity index (χ2v) is 2.77. The van der Waals surface area contributed by atoms with E-state index in [-0.39, 0.29) is 12.4 Å². The van der Waals surface area contributed by atoms with Gasteiger partial charge in [-0.1, -0.05) is 6.42 Å². The van der Waals surface area contributed by atoms with Crippen LogP contribution in [-0.2, 0) is 0 Å². The van der Waals surface area contributed by atoms with Crippen LogP contribution in [-0.4, -0.2) is 6.54 Å². The van der Waals surface area contributed by atoms with Crippen molar-refractivity contribution < 1.29 is 4.39 Å². The van der Waals surface area contributed by atoms with Gasteiger partial charge in [0, 0.05) is 6.54 Å². The average molecular weight is 143 g/mol. The van der Waals surface area contributed by atoms with E-state index in [1.54, 1.807) is 0 Å². The minimum Gasteiger partial charge on any atom is -0.325 e. The van der Waals surface area contributed by atoms with Crippen molar-refractivity contribution in [2.45, 2.75) is 32.1 Å². The summed E-state index contributed by atoms with van der Waals surface area (Å²) in [6.45, 7) is 0.0926. The van der Waals surface area contributed by atoms with Gasteiger partial charge in [0.15, 0.2) is 0 Å². The zero-order valence-corrected chi connectivity index (χ0v) is 6.20. The molecule has 0 aliphatic heterocycles. The van der Waals surface area contributed by atoms with E-state index in [9.17, 15) is 4.39 Å². The van der Waals surface area contributed by atoms with Crippen molar-refractivity contribution in [3.05, 3.63) is 11.4 Å². The Morgan fingerprint density at radius 3 is 2.40 bits per heavy atom. The number of rotatable bonds is 1. The summed E-state index contributed by atoms with van der Waals surface area (Å²) < 4.78 is 12.8. The zero-order chi connectivity index (χ0) is 7.40. The summed E-state index contributed by atoms with van der Waals surface area (Å²) in [5.74, 6) is -0.0697. The molecule has 0 aromatic heterocycles. The Balaban J connectivity index is 2.51. The summed E-state index contributed by atoms with van der Waals surface area (Å²) in [5.41, 5.74) is 6.14. The van der Waals surface area contributed by atoms with Gasteiger partial charge in [-0.05, 0) is 31.3 Å². The molecule has 0 radical (unpaired) electrons. The summed E-state index contributed by atoms with van der Waals surface area (Å²) in [5, 5.41) is 0. The van der Waals surface area contributed by atoms with E-state index >= 15 is 0 Å². The second-order valence-electron chi connectivity index (χ2n) is 2.77. The molecule has 0 heterocycles. The van der Waals surface area contributed by atoms with Gasteiger partial charge in [0.2, 0.25) is 0 Å². The molecule has 1 aliphatic rings. The molecule has 0 amide bonds. The highest BCUT2D eigenvalue weighted by Crippen LogP contribution is 2.25. The van der Waals surface area contributed by atoms with Gasteiger partial charge in [-0.15, -0.1) is 0 Å². The highest BCUT2D eigenvalue weighted by atomic mass is 19.1. The summed E-state index contributed by atoms with van der Waals surface area (Å²) in [6.07, 6.45) is 5.40. The van der Waals surface area contributed by atoms with Gasteiger partial charge >= 0.3 is 0 Å². The lowest BCUT2D eigenvalue weighted by Gasteiger charge is -2.13. The summed E-state index contributed by atoms with van der Waals surface area (Å²) in [7, 11) is 0. The molecule has 0 aromatic carbocycles. The monoisotopic (exact) mass is 143 g/mol. The van der Waals surface area contributed by atoms with Crippen molar-refractivity contribution in [3.8, 4) is 0 Å². The first-order valence-electron chi connectivity index (χ1n) is 3.91. The Morgan fingerprint density at radius 2 is 1.90 bits per heavy atom. The first-order valence-corrected chi connectivity index (χ1v) is 3.91. The molecule has 0 aromatic rings. The van der Waals surface area contributed by atoms with E-state index in [0.29, 0.717) is 0 Å². The van der Waals surface area contributed by atoms with Gasteiger partial charge in [0.1, 0.15) is 5.83 Å². The van der Waals surface area contributed by atoms with E-state index in [0.717, 1.165) is 31.3 Å². The van der Waals surface area contributed by atoms with Crippen molar-refractivity contribution in [2.24, 2.45) is 5.73 Å². The molecule has 0 atom stereocenters. The molecule has 2 N–H and O–H groups in total. The van der Waals surface area contributed by atoms with Crippen LogP contribution < -0.4 is 5.73 Å². The van der Waals surface area contributed by atoms with Crippen LogP contribution in [0.25, 0.3) is 0 Å². The Hall–Kier alpha value is -0.370. The molecule has 1 fully saturated rings. The molecule has 0 saturated heterocycles. The predicted molar refractivity (Wildman–Crippen MR) is 40.3 cm³/mol. The smallest absolute Gasteiger partial charge is 0.113 e. The van der Waals surface area contributed by atoms with Gasteiger partial charge in [0.05, 0.1) is 0 Å². The largest absolute Gasteiger partial charge is 0.325 e. The standard InChI is InChI=1S/C8H14FN/c9-8(6-10)7-4-2-1-3-5-7/h1-6,10H2. The van der Waals surface area contributed by atoms with E-state index in [4.69, 9.17) is 5.73 Å². The predicted octanol–water partition coefficient (Wildman–Crippen LogP) is 2.13. The third kappa shape index (κ3) is 1.81. The van der Waals surface area contributed by atoms with Gasteiger partial charge in [0.25, 0.3) is 0 Å². The van der Waals surface area contributed by atoms with Crippen LogP contribution in [0.5, 0.6) is 0 Å². The van der Waals surface area contributed by atoms with Gasteiger partial charge < -0.3 is 5.73 Å². The fourth-order valence-corrected chi connectivity index (χ4v) is 1.39. The molecule has 58 valence electrons. The zero-order valence-electron chi connectivity index (χ0n) is 6.20. The van der Waals surface area contributed by atoms with Crippen molar-refractivity contribution in [1.29, 1.82) is 0 Å². The third-order valence-electron chi connectivity index (χ3n) is 2.02. The topological polar surface area (TPSA) is 26.0 Å². The van der Waals surface area contributed by atoms with Crippen LogP contribution in [0, 0.1) is 0 Å². The average Bonchev–Trinajstić information content (AvgIpc) is 2.05. The van der Waals surface area contributed by atoms with Gasteiger partial charge in [-0.25, -0.2) is 4.39 Å². The molecule has 0 bridgehead atoms. The lowest BCUT2D eigenvalue weighted by Crippen LogP contribution is -2.04. The molecular weight excluding hydrogens is 129 g/mol. The summed E-state index contributed by atoms with van der Waals surface area (Å²) >= 11 is 0. The third-order valence-corrected chi connectivity index (χ3v) is 2.02. The Kier molecular flexibility index (Phi) is 2.87. The summed E-state index contributed by atoms with van der Waals surface area (Å²) in [4.78, 5) is 0. The van der Waals surface area contributed by atoms with Crippen LogP contribution in [0.4, 0.5) is 4.39 Å². The molecule has 0 spiro atoms. The highest BCUT2D eigenvalue weighted by molar-refractivity contribution is 5.10. The van der Waals surface area contributed by atoms with Crippen molar-refractivity contribution >= 4 is 0 Å². The normalized spacial score (nSPS) is 19.2. The lowest BCUT2D eigenvalue weighted by atomic mass is 9.94. The van der Waals surface area contributed by atoms with Gasteiger partial charge in [-0.2, -0.15) is 0 Å². The molecule has 2 heteroatoms. The van der Waals surface area contributed by atoms with Crippen LogP contribution in [0.2, 0.25) is 0 Å². The Bertz CT molecular complexity index is 132. The molecule has 1 saturated carbocycles. The maximum absolute atomic E-state index is 12.8. The molecule has 1 nitrogen and oxygen atoms in total. The van der Waals surface area contributed by atoms with Crippen molar-refractivity contribution in [2.75, 3.05) is 6.54 Å². The van der Waals surface area contributed by atoms with E-state index < -0.39 is 0 Å². The lowest BCUT2D eigenvalue weighted by molar-refractivity contribution is 0.535. The molecule has 0 unspecified atom stereocenters. The number of halogens is 1. The molecule has 1 aliphatic carbocycles. The van der Waals surface area contributed by atoms with Crippen LogP contribution in [0.15, 0.2) is 11.4 Å². The molecule has 10 heavy (non-hydrogen) atoms. The van der Waals surface area contributed by atoms with Crippen LogP contribution in [0.3, 0.4) is 0 Å². The maximum Gasteiger partial charge on any atom is 0.113 e. The SMILES string of the molecule is NCC(F)=C1CCCCC1. The minimum atomic E-state index is -0.0697. The number of hydrogen-bond acceptors (Lipinski definition) is 1. The van der Waals surface area contributed by atoms with Crippen LogP contribution >= 0.6 is 0 Å². The molecular formula is C8H14FN. The minimum absolute atomic E-state index is 0.0697. The maximum atomic E-state index is 12.8. The first-order chi connectivity index (χ1) is 4.84. The number of nitrogens with two attached hydrogens (primary N) is 1. The number of allylic oxidation sites excluding steroid dienone is 1. The highest BCUT2D eigenvalue weighted by Gasteiger charge is 2.09. The van der Waals surface area contributed by atoms with E-state index in [1.165, 1.54) is 6.42 Å². The fourth-order valence-electron chi connectivity index (χ4n) is 1.39. The quantitative estimate of drug-likeness (QED) is 0.598. The van der Waals surface area contributed by atoms with E-state index in [2.05, 4.69) is 0 Å². The van der Waals surface area contributed by atoms with Crippen LogP contribution in [0.1, 0.15) is 32.1 Å². The van der Waals surface area contributed by atoms with Crippen molar-refractivity contribution in [1.82, 2.24) is 0 Å². The van der Waals surface area contributed by atoms with Crippen molar-refractivity contribution in [3.63, 3.8) is 0 Å². The second kappa shape index (κ2) is 3.71. The first kappa shape index (κ1) is 7.73.